The predicted molar refractivity (Wildman–Crippen MR) is 91.4 cm³/mol. The van der Waals surface area contributed by atoms with Gasteiger partial charge in [0.15, 0.2) is 22.2 Å². The van der Waals surface area contributed by atoms with Gasteiger partial charge in [-0.05, 0) is 31.5 Å². The Bertz CT molecular complexity index is 803. The van der Waals surface area contributed by atoms with Crippen LogP contribution >= 0.6 is 0 Å². The monoisotopic (exact) mass is 368 g/mol. The lowest BCUT2D eigenvalue weighted by Gasteiger charge is -2.14. The molecule has 0 saturated carbocycles. The first-order chi connectivity index (χ1) is 11.7. The van der Waals surface area contributed by atoms with Crippen molar-refractivity contribution >= 4 is 33.1 Å². The van der Waals surface area contributed by atoms with E-state index in [9.17, 15) is 22.8 Å². The Balaban J connectivity index is 2.02. The number of anilines is 1. The van der Waals surface area contributed by atoms with Crippen molar-refractivity contribution < 1.29 is 27.5 Å². The molecule has 0 spiro atoms. The standard InChI is InChI=1S/C16H20N2O6S/c1-10(19)12-3-4-14(17-11(2)20)15(7-12)24-8-16(21)18-13-5-6-25(22,23)9-13/h3-4,7,13H,5-6,8-9H2,1-2H3,(H,17,20)(H,18,21). The van der Waals surface area contributed by atoms with Crippen LogP contribution in [0.3, 0.4) is 0 Å². The molecule has 1 fully saturated rings. The molecule has 1 aliphatic heterocycles. The topological polar surface area (TPSA) is 119 Å². The van der Waals surface area contributed by atoms with Crippen molar-refractivity contribution in [1.29, 1.82) is 0 Å². The number of benzene rings is 1. The van der Waals surface area contributed by atoms with E-state index < -0.39 is 21.8 Å². The third kappa shape index (κ3) is 5.56. The summed E-state index contributed by atoms with van der Waals surface area (Å²) in [4.78, 5) is 34.7. The molecular formula is C16H20N2O6S. The summed E-state index contributed by atoms with van der Waals surface area (Å²) in [6, 6.07) is 4.10. The molecule has 1 saturated heterocycles. The van der Waals surface area contributed by atoms with Crippen molar-refractivity contribution in [3.63, 3.8) is 0 Å². The van der Waals surface area contributed by atoms with Crippen LogP contribution in [0, 0.1) is 0 Å². The van der Waals surface area contributed by atoms with E-state index in [4.69, 9.17) is 4.74 Å². The Labute approximate surface area is 145 Å². The molecule has 1 heterocycles. The molecule has 2 N–H and O–H groups in total. The van der Waals surface area contributed by atoms with Gasteiger partial charge >= 0.3 is 0 Å². The first kappa shape index (κ1) is 18.9. The normalized spacial score (nSPS) is 18.4. The van der Waals surface area contributed by atoms with Crippen molar-refractivity contribution in [2.45, 2.75) is 26.3 Å². The minimum atomic E-state index is -3.08. The molecular weight excluding hydrogens is 348 g/mol. The van der Waals surface area contributed by atoms with Gasteiger partial charge in [0.2, 0.25) is 5.91 Å². The Kier molecular flexibility index (Phi) is 5.78. The molecule has 2 amide bonds. The van der Waals surface area contributed by atoms with Crippen LogP contribution in [0.4, 0.5) is 5.69 Å². The maximum atomic E-state index is 12.0. The molecule has 1 atom stereocenters. The molecule has 8 nitrogen and oxygen atoms in total. The van der Waals surface area contributed by atoms with Gasteiger partial charge in [0, 0.05) is 18.5 Å². The lowest BCUT2D eigenvalue weighted by Crippen LogP contribution is -2.38. The fraction of sp³-hybridized carbons (Fsp3) is 0.438. The molecule has 0 aromatic heterocycles. The van der Waals surface area contributed by atoms with Gasteiger partial charge in [-0.2, -0.15) is 0 Å². The molecule has 136 valence electrons. The van der Waals surface area contributed by atoms with Gasteiger partial charge in [-0.15, -0.1) is 0 Å². The summed E-state index contributed by atoms with van der Waals surface area (Å²) in [5.41, 5.74) is 0.722. The van der Waals surface area contributed by atoms with E-state index in [1.54, 1.807) is 6.07 Å². The highest BCUT2D eigenvalue weighted by Crippen LogP contribution is 2.26. The third-order valence-electron chi connectivity index (χ3n) is 3.66. The van der Waals surface area contributed by atoms with E-state index in [1.165, 1.54) is 26.0 Å². The van der Waals surface area contributed by atoms with Gasteiger partial charge < -0.3 is 15.4 Å². The van der Waals surface area contributed by atoms with Crippen LogP contribution in [-0.4, -0.2) is 50.2 Å². The van der Waals surface area contributed by atoms with Crippen molar-refractivity contribution in [2.24, 2.45) is 0 Å². The molecule has 1 unspecified atom stereocenters. The van der Waals surface area contributed by atoms with Gasteiger partial charge in [0.05, 0.1) is 17.2 Å². The average Bonchev–Trinajstić information content (AvgIpc) is 2.84. The maximum absolute atomic E-state index is 12.0. The minimum absolute atomic E-state index is 0.0616. The summed E-state index contributed by atoms with van der Waals surface area (Å²) < 4.78 is 28.2. The van der Waals surface area contributed by atoms with Crippen LogP contribution in [-0.2, 0) is 19.4 Å². The lowest BCUT2D eigenvalue weighted by atomic mass is 10.1. The first-order valence-electron chi connectivity index (χ1n) is 7.71. The summed E-state index contributed by atoms with van der Waals surface area (Å²) in [7, 11) is -3.08. The Hall–Kier alpha value is -2.42. The van der Waals surface area contributed by atoms with Crippen LogP contribution in [0.1, 0.15) is 30.6 Å². The predicted octanol–water partition coefficient (Wildman–Crippen LogP) is 0.530. The van der Waals surface area contributed by atoms with Crippen LogP contribution in [0.2, 0.25) is 0 Å². The average molecular weight is 368 g/mol. The smallest absolute Gasteiger partial charge is 0.258 e. The number of hydrogen-bond donors (Lipinski definition) is 2. The van der Waals surface area contributed by atoms with Crippen molar-refractivity contribution in [1.82, 2.24) is 5.32 Å². The van der Waals surface area contributed by atoms with Crippen LogP contribution in [0.5, 0.6) is 5.75 Å². The van der Waals surface area contributed by atoms with Crippen molar-refractivity contribution in [2.75, 3.05) is 23.4 Å². The van der Waals surface area contributed by atoms with Gasteiger partial charge in [-0.3, -0.25) is 14.4 Å². The zero-order chi connectivity index (χ0) is 18.6. The summed E-state index contributed by atoms with van der Waals surface area (Å²) in [6.45, 7) is 2.37. The van der Waals surface area contributed by atoms with Gasteiger partial charge in [-0.1, -0.05) is 0 Å². The number of nitrogens with one attached hydrogen (secondary N) is 2. The molecule has 0 aliphatic carbocycles. The number of rotatable bonds is 6. The summed E-state index contributed by atoms with van der Waals surface area (Å²) >= 11 is 0. The number of hydrogen-bond acceptors (Lipinski definition) is 6. The van der Waals surface area contributed by atoms with Crippen molar-refractivity contribution in [3.8, 4) is 5.75 Å². The Morgan fingerprint density at radius 2 is 1.96 bits per heavy atom. The van der Waals surface area contributed by atoms with E-state index in [0.29, 0.717) is 17.7 Å². The number of sulfone groups is 1. The molecule has 9 heteroatoms. The number of ether oxygens (including phenoxy) is 1. The van der Waals surface area contributed by atoms with E-state index in [2.05, 4.69) is 10.6 Å². The molecule has 0 radical (unpaired) electrons. The fourth-order valence-corrected chi connectivity index (χ4v) is 4.15. The van der Waals surface area contributed by atoms with Gasteiger partial charge in [-0.25, -0.2) is 8.42 Å². The number of ketones is 1. The van der Waals surface area contributed by atoms with E-state index >= 15 is 0 Å². The highest BCUT2D eigenvalue weighted by atomic mass is 32.2. The van der Waals surface area contributed by atoms with Gasteiger partial charge in [0.25, 0.3) is 5.91 Å². The highest BCUT2D eigenvalue weighted by Gasteiger charge is 2.28. The molecule has 25 heavy (non-hydrogen) atoms. The fourth-order valence-electron chi connectivity index (χ4n) is 2.48. The second kappa shape index (κ2) is 7.64. The molecule has 0 bridgehead atoms. The van der Waals surface area contributed by atoms with Crippen LogP contribution in [0.15, 0.2) is 18.2 Å². The largest absolute Gasteiger partial charge is 0.482 e. The van der Waals surface area contributed by atoms with E-state index in [-0.39, 0.29) is 35.6 Å². The Morgan fingerprint density at radius 1 is 1.24 bits per heavy atom. The van der Waals surface area contributed by atoms with Crippen LogP contribution in [0.25, 0.3) is 0 Å². The van der Waals surface area contributed by atoms with E-state index in [0.717, 1.165) is 0 Å². The number of carbonyl (C=O) groups excluding carboxylic acids is 3. The lowest BCUT2D eigenvalue weighted by molar-refractivity contribution is -0.123. The number of carbonyl (C=O) groups is 3. The molecule has 1 aromatic carbocycles. The first-order valence-corrected chi connectivity index (χ1v) is 9.53. The summed E-state index contributed by atoms with van der Waals surface area (Å²) in [5, 5.41) is 5.17. The van der Waals surface area contributed by atoms with Crippen molar-refractivity contribution in [3.05, 3.63) is 23.8 Å². The van der Waals surface area contributed by atoms with Crippen LogP contribution < -0.4 is 15.4 Å². The second-order valence-corrected chi connectivity index (χ2v) is 8.13. The Morgan fingerprint density at radius 3 is 2.52 bits per heavy atom. The zero-order valence-electron chi connectivity index (χ0n) is 14.0. The minimum Gasteiger partial charge on any atom is -0.482 e. The molecule has 1 aromatic rings. The summed E-state index contributed by atoms with van der Waals surface area (Å²) in [6.07, 6.45) is 0.380. The second-order valence-electron chi connectivity index (χ2n) is 5.90. The highest BCUT2D eigenvalue weighted by molar-refractivity contribution is 7.91. The number of amides is 2. The van der Waals surface area contributed by atoms with E-state index in [1.807, 2.05) is 0 Å². The zero-order valence-corrected chi connectivity index (χ0v) is 14.8. The SMILES string of the molecule is CC(=O)Nc1ccc(C(C)=O)cc1OCC(=O)NC1CCS(=O)(=O)C1. The maximum Gasteiger partial charge on any atom is 0.258 e. The number of Topliss-reactive ketones (excluding diaryl/α,β-unsaturated/α-hetero) is 1. The third-order valence-corrected chi connectivity index (χ3v) is 5.42. The van der Waals surface area contributed by atoms with Gasteiger partial charge in [0.1, 0.15) is 5.75 Å². The molecule has 1 aliphatic rings. The molecule has 2 rings (SSSR count). The summed E-state index contributed by atoms with van der Waals surface area (Å²) in [5.74, 6) is -0.788. The quantitative estimate of drug-likeness (QED) is 0.707.